The van der Waals surface area contributed by atoms with Crippen LogP contribution in [0, 0.1) is 6.92 Å². The van der Waals surface area contributed by atoms with Gasteiger partial charge in [-0.25, -0.2) is 4.79 Å². The van der Waals surface area contributed by atoms with Gasteiger partial charge in [-0.15, -0.1) is 22.2 Å². The number of aromatic nitrogens is 2. The van der Waals surface area contributed by atoms with E-state index in [9.17, 15) is 13.2 Å². The maximum atomic E-state index is 12.1. The molecule has 140 valence electrons. The van der Waals surface area contributed by atoms with Gasteiger partial charge in [0.2, 0.25) is 0 Å². The van der Waals surface area contributed by atoms with Gasteiger partial charge in [-0.2, -0.15) is 8.42 Å². The van der Waals surface area contributed by atoms with Crippen LogP contribution in [-0.4, -0.2) is 41.7 Å². The minimum atomic E-state index is -3.98. The summed E-state index contributed by atoms with van der Waals surface area (Å²) in [6.45, 7) is 1.98. The van der Waals surface area contributed by atoms with Crippen molar-refractivity contribution in [3.05, 3.63) is 52.6 Å². The van der Waals surface area contributed by atoms with E-state index in [1.807, 2.05) is 6.92 Å². The van der Waals surface area contributed by atoms with Gasteiger partial charge in [-0.1, -0.05) is 22.0 Å². The summed E-state index contributed by atoms with van der Waals surface area (Å²) in [5, 5.41) is 8.78. The molecule has 2 heterocycles. The molecule has 0 saturated carbocycles. The molecule has 1 aliphatic rings. The molecule has 3 N–H and O–H groups in total. The lowest BCUT2D eigenvalue weighted by atomic mass is 10.2. The molecule has 1 fully saturated rings. The van der Waals surface area contributed by atoms with Crippen LogP contribution in [0.5, 0.6) is 0 Å². The molecule has 0 bridgehead atoms. The number of aryl methyl sites for hydroxylation is 1. The second kappa shape index (κ2) is 7.86. The summed E-state index contributed by atoms with van der Waals surface area (Å²) in [6, 6.07) is 7.68. The Bertz CT molecular complexity index is 929. The lowest BCUT2D eigenvalue weighted by molar-refractivity contribution is -0.797. The number of rotatable bonds is 6. The van der Waals surface area contributed by atoms with Gasteiger partial charge < -0.3 is 9.84 Å². The first-order valence-corrected chi connectivity index (χ1v) is 10.0. The number of nitrogens with two attached hydrogens (primary N) is 1. The normalized spacial score (nSPS) is 20.4. The van der Waals surface area contributed by atoms with Gasteiger partial charge in [-0.05, 0) is 19.1 Å². The van der Waals surface area contributed by atoms with Crippen LogP contribution in [0.4, 0.5) is 5.82 Å². The van der Waals surface area contributed by atoms with Crippen LogP contribution in [0.2, 0.25) is 0 Å². The summed E-state index contributed by atoms with van der Waals surface area (Å²) in [6.07, 6.45) is 1.49. The monoisotopic (exact) mass is 400 g/mol. The number of benzene rings is 1. The molecular weight excluding hydrogens is 382 g/mol. The SMILES string of the molecule is Cc1ccc(S(=O)(=O)O[NH2+]c2ccn(C3COC(CO)S3)c(=O)n2)cc1. The van der Waals surface area contributed by atoms with Crippen molar-refractivity contribution >= 4 is 27.7 Å². The molecule has 0 aliphatic carbocycles. The van der Waals surface area contributed by atoms with E-state index in [2.05, 4.69) is 4.98 Å². The first-order valence-electron chi connectivity index (χ1n) is 7.69. The molecule has 1 aliphatic heterocycles. The van der Waals surface area contributed by atoms with Gasteiger partial charge >= 0.3 is 15.8 Å². The zero-order valence-corrected chi connectivity index (χ0v) is 15.4. The first kappa shape index (κ1) is 19.0. The van der Waals surface area contributed by atoms with Crippen LogP contribution in [-0.2, 0) is 19.1 Å². The number of ether oxygens (including phenoxy) is 1. The van der Waals surface area contributed by atoms with E-state index in [0.717, 1.165) is 11.0 Å². The van der Waals surface area contributed by atoms with Crippen molar-refractivity contribution in [1.82, 2.24) is 9.55 Å². The van der Waals surface area contributed by atoms with Crippen molar-refractivity contribution in [2.45, 2.75) is 22.6 Å². The van der Waals surface area contributed by atoms with Crippen LogP contribution in [0.15, 0.2) is 46.2 Å². The van der Waals surface area contributed by atoms with Crippen LogP contribution in [0.1, 0.15) is 10.9 Å². The van der Waals surface area contributed by atoms with Gasteiger partial charge in [-0.3, -0.25) is 4.57 Å². The van der Waals surface area contributed by atoms with Crippen LogP contribution < -0.4 is 11.2 Å². The van der Waals surface area contributed by atoms with E-state index in [4.69, 9.17) is 14.1 Å². The zero-order chi connectivity index (χ0) is 18.7. The van der Waals surface area contributed by atoms with Gasteiger partial charge in [0, 0.05) is 12.3 Å². The van der Waals surface area contributed by atoms with Gasteiger partial charge in [0.15, 0.2) is 0 Å². The average Bonchev–Trinajstić information content (AvgIpc) is 3.09. The molecule has 1 saturated heterocycles. The lowest BCUT2D eigenvalue weighted by Gasteiger charge is -2.10. The third-order valence-corrected chi connectivity index (χ3v) is 6.11. The Morgan fingerprint density at radius 3 is 2.73 bits per heavy atom. The van der Waals surface area contributed by atoms with Gasteiger partial charge in [0.25, 0.3) is 5.82 Å². The minimum absolute atomic E-state index is 0.0160. The van der Waals surface area contributed by atoms with Crippen LogP contribution >= 0.6 is 11.8 Å². The van der Waals surface area contributed by atoms with E-state index >= 15 is 0 Å². The second-order valence-electron chi connectivity index (χ2n) is 5.56. The molecule has 26 heavy (non-hydrogen) atoms. The highest BCUT2D eigenvalue weighted by Gasteiger charge is 2.28. The molecule has 1 aromatic carbocycles. The smallest absolute Gasteiger partial charge is 0.353 e. The maximum absolute atomic E-state index is 12.1. The molecule has 1 aromatic heterocycles. The van der Waals surface area contributed by atoms with E-state index in [0.29, 0.717) is 0 Å². The molecule has 2 aromatic rings. The van der Waals surface area contributed by atoms with Crippen LogP contribution in [0.25, 0.3) is 0 Å². The molecular formula is C15H18N3O6S2+. The second-order valence-corrected chi connectivity index (χ2v) is 8.47. The highest BCUT2D eigenvalue weighted by Crippen LogP contribution is 2.34. The number of nitrogens with zero attached hydrogens (tertiary/aromatic N) is 2. The molecule has 0 spiro atoms. The maximum Gasteiger partial charge on any atom is 0.353 e. The quantitative estimate of drug-likeness (QED) is 0.631. The summed E-state index contributed by atoms with van der Waals surface area (Å²) in [7, 11) is -3.98. The topological polar surface area (TPSA) is 124 Å². The van der Waals surface area contributed by atoms with Crippen molar-refractivity contribution in [1.29, 1.82) is 0 Å². The lowest BCUT2D eigenvalue weighted by Crippen LogP contribution is -2.78. The fraction of sp³-hybridized carbons (Fsp3) is 0.333. The number of thioether (sulfide) groups is 1. The fourth-order valence-corrected chi connectivity index (χ4v) is 4.12. The third kappa shape index (κ3) is 4.31. The number of aliphatic hydroxyl groups excluding tert-OH is 1. The number of quaternary nitrogens is 1. The highest BCUT2D eigenvalue weighted by molar-refractivity contribution is 8.00. The van der Waals surface area contributed by atoms with Crippen molar-refractivity contribution < 1.29 is 28.0 Å². The van der Waals surface area contributed by atoms with Crippen LogP contribution in [0.3, 0.4) is 0 Å². The number of hydrogen-bond acceptors (Lipinski definition) is 8. The molecule has 11 heteroatoms. The van der Waals surface area contributed by atoms with Gasteiger partial charge in [0.05, 0.1) is 18.1 Å². The Hall–Kier alpha value is -1.76. The summed E-state index contributed by atoms with van der Waals surface area (Å²) in [4.78, 5) is 16.0. The Balaban J connectivity index is 1.68. The zero-order valence-electron chi connectivity index (χ0n) is 13.8. The van der Waals surface area contributed by atoms with E-state index in [1.165, 1.54) is 40.7 Å². The Labute approximate surface area is 154 Å². The molecule has 2 unspecified atom stereocenters. The summed E-state index contributed by atoms with van der Waals surface area (Å²) >= 11 is 1.31. The largest absolute Gasteiger partial charge is 0.393 e. The molecule has 9 nitrogen and oxygen atoms in total. The van der Waals surface area contributed by atoms with E-state index in [-0.39, 0.29) is 34.7 Å². The minimum Gasteiger partial charge on any atom is -0.393 e. The Morgan fingerprint density at radius 2 is 2.12 bits per heavy atom. The average molecular weight is 400 g/mol. The number of aliphatic hydroxyl groups is 1. The molecule has 0 amide bonds. The Morgan fingerprint density at radius 1 is 1.38 bits per heavy atom. The molecule has 0 radical (unpaired) electrons. The summed E-state index contributed by atoms with van der Waals surface area (Å²) in [5.74, 6) is 0.0876. The summed E-state index contributed by atoms with van der Waals surface area (Å²) in [5.41, 5.74) is 0.918. The van der Waals surface area contributed by atoms with E-state index in [1.54, 1.807) is 12.1 Å². The van der Waals surface area contributed by atoms with Crippen molar-refractivity contribution in [3.63, 3.8) is 0 Å². The molecule has 2 atom stereocenters. The fourth-order valence-electron chi connectivity index (χ4n) is 2.27. The predicted octanol–water partition coefficient (Wildman–Crippen LogP) is -0.352. The predicted molar refractivity (Wildman–Crippen MR) is 93.0 cm³/mol. The van der Waals surface area contributed by atoms with Crippen molar-refractivity contribution in [2.24, 2.45) is 0 Å². The first-order chi connectivity index (χ1) is 12.4. The van der Waals surface area contributed by atoms with E-state index < -0.39 is 15.8 Å². The number of hydrogen-bond donors (Lipinski definition) is 2. The third-order valence-electron chi connectivity index (χ3n) is 3.65. The summed E-state index contributed by atoms with van der Waals surface area (Å²) < 4.78 is 35.8. The van der Waals surface area contributed by atoms with Gasteiger partial charge in [0.1, 0.15) is 10.8 Å². The van der Waals surface area contributed by atoms with Crippen molar-refractivity contribution in [3.8, 4) is 0 Å². The van der Waals surface area contributed by atoms with Crippen molar-refractivity contribution in [2.75, 3.05) is 13.2 Å². The standard InChI is InChI=1S/C15H17N3O6S2/c1-10-2-4-11(5-3-10)26(21,22)24-17-12-6-7-18(15(20)16-12)13-9-23-14(8-19)25-13/h2-7,13-14,19H,8-9H2,1H3,(H,16,17,20)/p+1. The Kier molecular flexibility index (Phi) is 5.75. The highest BCUT2D eigenvalue weighted by atomic mass is 32.2. The molecule has 3 rings (SSSR count).